The van der Waals surface area contributed by atoms with Gasteiger partial charge < -0.3 is 15.4 Å². The molecule has 1 aromatic rings. The number of aryl methyl sites for hydroxylation is 1. The zero-order valence-electron chi connectivity index (χ0n) is 9.75. The molecule has 0 radical (unpaired) electrons. The van der Waals surface area contributed by atoms with E-state index < -0.39 is 0 Å². The van der Waals surface area contributed by atoms with Crippen LogP contribution in [0, 0.1) is 6.92 Å². The van der Waals surface area contributed by atoms with E-state index in [2.05, 4.69) is 10.6 Å². The molecule has 16 heavy (non-hydrogen) atoms. The number of carbonyl (C=O) groups is 1. The third kappa shape index (κ3) is 4.79. The summed E-state index contributed by atoms with van der Waals surface area (Å²) in [5.41, 5.74) is 2.19. The Morgan fingerprint density at radius 1 is 1.25 bits per heavy atom. The Balaban J connectivity index is 2.23. The molecule has 1 rings (SSSR count). The van der Waals surface area contributed by atoms with Gasteiger partial charge in [0, 0.05) is 13.1 Å². The van der Waals surface area contributed by atoms with Crippen molar-refractivity contribution in [1.29, 1.82) is 0 Å². The highest BCUT2D eigenvalue weighted by molar-refractivity contribution is 5.67. The summed E-state index contributed by atoms with van der Waals surface area (Å²) in [7, 11) is 1.83. The first-order chi connectivity index (χ1) is 7.72. The maximum atomic E-state index is 11.2. The Morgan fingerprint density at radius 3 is 2.56 bits per heavy atom. The Kier molecular flexibility index (Phi) is 5.36. The lowest BCUT2D eigenvalue weighted by molar-refractivity contribution is 0.140. The molecule has 0 saturated heterocycles. The maximum absolute atomic E-state index is 11.2. The van der Waals surface area contributed by atoms with Crippen LogP contribution >= 0.6 is 0 Å². The van der Waals surface area contributed by atoms with E-state index in [-0.39, 0.29) is 6.09 Å². The lowest BCUT2D eigenvalue weighted by atomic mass is 10.2. The molecule has 2 N–H and O–H groups in total. The number of hydrogen-bond acceptors (Lipinski definition) is 3. The first-order valence-electron chi connectivity index (χ1n) is 5.33. The van der Waals surface area contributed by atoms with E-state index in [0.717, 1.165) is 12.1 Å². The summed E-state index contributed by atoms with van der Waals surface area (Å²) < 4.78 is 5.04. The Hall–Kier alpha value is -1.55. The number of nitrogens with one attached hydrogen (secondary N) is 2. The average Bonchev–Trinajstić information content (AvgIpc) is 2.29. The second kappa shape index (κ2) is 6.85. The van der Waals surface area contributed by atoms with Gasteiger partial charge in [0.2, 0.25) is 0 Å². The predicted molar refractivity (Wildman–Crippen MR) is 63.3 cm³/mol. The molecule has 0 aliphatic carbocycles. The summed E-state index contributed by atoms with van der Waals surface area (Å²) in [5.74, 6) is 0. The number of ether oxygens (including phenoxy) is 1. The van der Waals surface area contributed by atoms with E-state index in [1.807, 2.05) is 38.2 Å². The van der Waals surface area contributed by atoms with Gasteiger partial charge in [-0.05, 0) is 19.5 Å². The topological polar surface area (TPSA) is 50.4 Å². The van der Waals surface area contributed by atoms with Gasteiger partial charge in [0.15, 0.2) is 0 Å². The number of hydrogen-bond donors (Lipinski definition) is 2. The van der Waals surface area contributed by atoms with Gasteiger partial charge in [-0.2, -0.15) is 0 Å². The number of carbonyl (C=O) groups excluding carboxylic acids is 1. The smallest absolute Gasteiger partial charge is 0.407 e. The maximum Gasteiger partial charge on any atom is 0.407 e. The van der Waals surface area contributed by atoms with Gasteiger partial charge in [0.05, 0.1) is 0 Å². The van der Waals surface area contributed by atoms with Crippen molar-refractivity contribution >= 4 is 6.09 Å². The first kappa shape index (κ1) is 12.5. The van der Waals surface area contributed by atoms with Crippen LogP contribution in [0.5, 0.6) is 0 Å². The summed E-state index contributed by atoms with van der Waals surface area (Å²) in [6.07, 6.45) is -0.379. The standard InChI is InChI=1S/C12H18N2O2/c1-10-3-5-11(6-4-10)9-16-12(15)14-8-7-13-2/h3-6,13H,7-9H2,1-2H3,(H,14,15). The minimum atomic E-state index is -0.379. The van der Waals surface area contributed by atoms with Crippen LogP contribution in [0.4, 0.5) is 4.79 Å². The Morgan fingerprint density at radius 2 is 1.94 bits per heavy atom. The van der Waals surface area contributed by atoms with E-state index in [4.69, 9.17) is 4.74 Å². The Bertz CT molecular complexity index is 322. The van der Waals surface area contributed by atoms with Gasteiger partial charge >= 0.3 is 6.09 Å². The molecule has 0 aromatic heterocycles. The third-order valence-electron chi connectivity index (χ3n) is 2.13. The molecule has 4 heteroatoms. The summed E-state index contributed by atoms with van der Waals surface area (Å²) >= 11 is 0. The molecule has 0 fully saturated rings. The highest BCUT2D eigenvalue weighted by Crippen LogP contribution is 2.04. The lowest BCUT2D eigenvalue weighted by Gasteiger charge is -2.06. The highest BCUT2D eigenvalue weighted by Gasteiger charge is 2.00. The van der Waals surface area contributed by atoms with Gasteiger partial charge in [-0.1, -0.05) is 29.8 Å². The molecule has 0 spiro atoms. The van der Waals surface area contributed by atoms with E-state index in [9.17, 15) is 4.79 Å². The van der Waals surface area contributed by atoms with E-state index in [1.54, 1.807) is 0 Å². The van der Waals surface area contributed by atoms with Crippen molar-refractivity contribution in [2.75, 3.05) is 20.1 Å². The van der Waals surface area contributed by atoms with E-state index in [0.29, 0.717) is 13.2 Å². The number of likely N-dealkylation sites (N-methyl/N-ethyl adjacent to an activating group) is 1. The first-order valence-corrected chi connectivity index (χ1v) is 5.33. The lowest BCUT2D eigenvalue weighted by Crippen LogP contribution is -2.30. The monoisotopic (exact) mass is 222 g/mol. The van der Waals surface area contributed by atoms with Crippen LogP contribution in [0.25, 0.3) is 0 Å². The Labute approximate surface area is 96.0 Å². The summed E-state index contributed by atoms with van der Waals surface area (Å²) in [4.78, 5) is 11.2. The number of benzene rings is 1. The fraction of sp³-hybridized carbons (Fsp3) is 0.417. The van der Waals surface area contributed by atoms with Gasteiger partial charge in [-0.15, -0.1) is 0 Å². The summed E-state index contributed by atoms with van der Waals surface area (Å²) in [6.45, 7) is 3.64. The molecule has 0 saturated carbocycles. The fourth-order valence-electron chi connectivity index (χ4n) is 1.17. The van der Waals surface area contributed by atoms with Crippen molar-refractivity contribution in [2.45, 2.75) is 13.5 Å². The SMILES string of the molecule is CNCCNC(=O)OCc1ccc(C)cc1. The van der Waals surface area contributed by atoms with Crippen LogP contribution in [-0.2, 0) is 11.3 Å². The van der Waals surface area contributed by atoms with Crippen LogP contribution in [0.15, 0.2) is 24.3 Å². The molecule has 0 atom stereocenters. The van der Waals surface area contributed by atoms with Gasteiger partial charge in [0.25, 0.3) is 0 Å². The quantitative estimate of drug-likeness (QED) is 0.741. The van der Waals surface area contributed by atoms with Crippen molar-refractivity contribution in [3.63, 3.8) is 0 Å². The number of alkyl carbamates (subject to hydrolysis) is 1. The van der Waals surface area contributed by atoms with Crippen LogP contribution < -0.4 is 10.6 Å². The number of rotatable bonds is 5. The molecule has 88 valence electrons. The minimum Gasteiger partial charge on any atom is -0.445 e. The summed E-state index contributed by atoms with van der Waals surface area (Å²) in [6, 6.07) is 7.90. The number of amides is 1. The minimum absolute atomic E-state index is 0.311. The van der Waals surface area contributed by atoms with Crippen molar-refractivity contribution < 1.29 is 9.53 Å². The van der Waals surface area contributed by atoms with E-state index in [1.165, 1.54) is 5.56 Å². The van der Waals surface area contributed by atoms with Gasteiger partial charge in [-0.25, -0.2) is 4.79 Å². The van der Waals surface area contributed by atoms with E-state index >= 15 is 0 Å². The zero-order chi connectivity index (χ0) is 11.8. The van der Waals surface area contributed by atoms with Gasteiger partial charge in [0.1, 0.15) is 6.61 Å². The van der Waals surface area contributed by atoms with Crippen molar-refractivity contribution in [3.05, 3.63) is 35.4 Å². The molecule has 1 aromatic carbocycles. The second-order valence-corrected chi connectivity index (χ2v) is 3.59. The van der Waals surface area contributed by atoms with Crippen molar-refractivity contribution in [3.8, 4) is 0 Å². The van der Waals surface area contributed by atoms with Gasteiger partial charge in [-0.3, -0.25) is 0 Å². The summed E-state index contributed by atoms with van der Waals surface area (Å²) in [5, 5.41) is 5.57. The zero-order valence-corrected chi connectivity index (χ0v) is 9.75. The van der Waals surface area contributed by atoms with Crippen molar-refractivity contribution in [1.82, 2.24) is 10.6 Å². The normalized spacial score (nSPS) is 9.88. The van der Waals surface area contributed by atoms with Crippen LogP contribution in [-0.4, -0.2) is 26.2 Å². The highest BCUT2D eigenvalue weighted by atomic mass is 16.5. The molecule has 0 bridgehead atoms. The molecule has 0 heterocycles. The molecule has 0 unspecified atom stereocenters. The average molecular weight is 222 g/mol. The molecular weight excluding hydrogens is 204 g/mol. The predicted octanol–water partition coefficient (Wildman–Crippen LogP) is 1.44. The van der Waals surface area contributed by atoms with Crippen molar-refractivity contribution in [2.24, 2.45) is 0 Å². The molecular formula is C12H18N2O2. The fourth-order valence-corrected chi connectivity index (χ4v) is 1.17. The molecule has 4 nitrogen and oxygen atoms in total. The third-order valence-corrected chi connectivity index (χ3v) is 2.13. The van der Waals surface area contributed by atoms with Crippen LogP contribution in [0.2, 0.25) is 0 Å². The second-order valence-electron chi connectivity index (χ2n) is 3.59. The molecule has 0 aliphatic rings. The molecule has 0 aliphatic heterocycles. The largest absolute Gasteiger partial charge is 0.445 e. The van der Waals surface area contributed by atoms with Crippen LogP contribution in [0.3, 0.4) is 0 Å². The molecule has 1 amide bonds. The van der Waals surface area contributed by atoms with Crippen LogP contribution in [0.1, 0.15) is 11.1 Å².